The molecule has 0 saturated carbocycles. The molecule has 4 rings (SSSR count). The summed E-state index contributed by atoms with van der Waals surface area (Å²) in [4.78, 5) is 31.9. The lowest BCUT2D eigenvalue weighted by molar-refractivity contribution is -0.137. The topological polar surface area (TPSA) is 89.8 Å². The van der Waals surface area contributed by atoms with Crippen LogP contribution in [0, 0.1) is 0 Å². The quantitative estimate of drug-likeness (QED) is 0.636. The van der Waals surface area contributed by atoms with Crippen LogP contribution < -0.4 is 5.76 Å². The predicted octanol–water partition coefficient (Wildman–Crippen LogP) is 2.67. The number of H-pyrrole nitrogens is 1. The molecule has 3 aromatic rings. The van der Waals surface area contributed by atoms with Crippen LogP contribution in [-0.2, 0) is 10.2 Å². The number of aromatic amines is 1. The van der Waals surface area contributed by atoms with Gasteiger partial charge in [0.25, 0.3) is 0 Å². The van der Waals surface area contributed by atoms with Crippen molar-refractivity contribution in [1.82, 2.24) is 14.8 Å². The van der Waals surface area contributed by atoms with E-state index in [4.69, 9.17) is 4.42 Å². The molecule has 0 aliphatic carbocycles. The zero-order valence-electron chi connectivity index (χ0n) is 18.2. The number of nitrogens with zero attached hydrogens (tertiary/aromatic N) is 2. The third kappa shape index (κ3) is 4.29. The fraction of sp³-hybridized carbons (Fsp3) is 0.417. The number of likely N-dealkylation sites (tertiary alicyclic amines) is 1. The van der Waals surface area contributed by atoms with Crippen molar-refractivity contribution < 1.29 is 14.3 Å². The molecule has 1 aromatic heterocycles. The second kappa shape index (κ2) is 8.32. The third-order valence-electron chi connectivity index (χ3n) is 6.33. The Balaban J connectivity index is 1.63. The number of fused-ring (bicyclic) bond motifs is 1. The molecule has 2 atom stereocenters. The molecule has 1 aliphatic heterocycles. The monoisotopic (exact) mass is 423 g/mol. The summed E-state index contributed by atoms with van der Waals surface area (Å²) < 4.78 is 5.09. The number of likely N-dealkylation sites (N-methyl/N-ethyl adjacent to an activating group) is 1. The largest absolute Gasteiger partial charge is 0.417 e. The molecule has 1 aliphatic rings. The van der Waals surface area contributed by atoms with Gasteiger partial charge in [-0.3, -0.25) is 14.7 Å². The summed E-state index contributed by atoms with van der Waals surface area (Å²) in [5.41, 5.74) is 2.11. The van der Waals surface area contributed by atoms with Gasteiger partial charge in [-0.25, -0.2) is 4.79 Å². The maximum Gasteiger partial charge on any atom is 0.417 e. The van der Waals surface area contributed by atoms with Crippen molar-refractivity contribution in [3.05, 3.63) is 70.2 Å². The van der Waals surface area contributed by atoms with E-state index in [0.717, 1.165) is 24.1 Å². The molecule has 2 N–H and O–H groups in total. The van der Waals surface area contributed by atoms with Gasteiger partial charge in [0.15, 0.2) is 5.58 Å². The third-order valence-corrected chi connectivity index (χ3v) is 6.33. The summed E-state index contributed by atoms with van der Waals surface area (Å²) >= 11 is 0. The Labute approximate surface area is 181 Å². The van der Waals surface area contributed by atoms with Crippen LogP contribution in [0.2, 0.25) is 0 Å². The molecule has 7 nitrogen and oxygen atoms in total. The number of amides is 1. The van der Waals surface area contributed by atoms with Crippen molar-refractivity contribution in [2.24, 2.45) is 0 Å². The number of β-amino-alcohol motifs (C(OH)–C–C–N with tert-alkyl or cyclic N) is 1. The minimum atomic E-state index is -0.811. The Morgan fingerprint density at radius 2 is 2.03 bits per heavy atom. The van der Waals surface area contributed by atoms with Gasteiger partial charge >= 0.3 is 5.76 Å². The van der Waals surface area contributed by atoms with Gasteiger partial charge in [-0.2, -0.15) is 0 Å². The van der Waals surface area contributed by atoms with Crippen LogP contribution >= 0.6 is 0 Å². The zero-order chi connectivity index (χ0) is 22.2. The van der Waals surface area contributed by atoms with Gasteiger partial charge in [0.05, 0.1) is 23.1 Å². The lowest BCUT2D eigenvalue weighted by atomic mass is 9.82. The van der Waals surface area contributed by atoms with E-state index >= 15 is 0 Å². The fourth-order valence-electron chi connectivity index (χ4n) is 4.40. The van der Waals surface area contributed by atoms with Gasteiger partial charge < -0.3 is 14.4 Å². The van der Waals surface area contributed by atoms with E-state index in [2.05, 4.69) is 9.88 Å². The van der Waals surface area contributed by atoms with Crippen LogP contribution in [0.15, 0.2) is 57.7 Å². The molecule has 1 fully saturated rings. The second-order valence-electron chi connectivity index (χ2n) is 8.90. The Bertz CT molecular complexity index is 1120. The lowest BCUT2D eigenvalue weighted by Gasteiger charge is -2.37. The Kier molecular flexibility index (Phi) is 5.73. The smallest absolute Gasteiger partial charge is 0.408 e. The highest BCUT2D eigenvalue weighted by molar-refractivity contribution is 5.89. The summed E-state index contributed by atoms with van der Waals surface area (Å²) in [7, 11) is 1.84. The summed E-state index contributed by atoms with van der Waals surface area (Å²) in [6.45, 7) is 5.90. The Morgan fingerprint density at radius 3 is 2.71 bits per heavy atom. The number of nitrogens with one attached hydrogen (secondary N) is 1. The number of aliphatic hydroxyl groups excluding tert-OH is 1. The van der Waals surface area contributed by atoms with Crippen molar-refractivity contribution in [3.63, 3.8) is 0 Å². The number of hydrogen-bond acceptors (Lipinski definition) is 5. The Morgan fingerprint density at radius 1 is 1.29 bits per heavy atom. The number of benzene rings is 2. The number of oxazole rings is 1. The zero-order valence-corrected chi connectivity index (χ0v) is 18.2. The van der Waals surface area contributed by atoms with Crippen molar-refractivity contribution >= 4 is 17.0 Å². The van der Waals surface area contributed by atoms with Crippen LogP contribution in [0.25, 0.3) is 11.1 Å². The number of hydrogen-bond donors (Lipinski definition) is 2. The normalized spacial score (nSPS) is 18.4. The first-order valence-corrected chi connectivity index (χ1v) is 10.6. The van der Waals surface area contributed by atoms with E-state index in [9.17, 15) is 14.7 Å². The summed E-state index contributed by atoms with van der Waals surface area (Å²) in [5, 5.41) is 9.94. The molecule has 0 radical (unpaired) electrons. The van der Waals surface area contributed by atoms with Gasteiger partial charge in [0.2, 0.25) is 5.91 Å². The first kappa shape index (κ1) is 21.3. The van der Waals surface area contributed by atoms with E-state index in [1.165, 1.54) is 0 Å². The number of rotatable bonds is 6. The van der Waals surface area contributed by atoms with Crippen molar-refractivity contribution in [2.75, 3.05) is 26.7 Å². The van der Waals surface area contributed by atoms with Crippen molar-refractivity contribution in [1.29, 1.82) is 0 Å². The SMILES string of the molecule is CN(C(=O)C(C)(C)c1ccc2oc(=O)[nH]c2c1)[C@H](CN1CC[C@H](O)C1)c1ccccc1. The van der Waals surface area contributed by atoms with Crippen LogP contribution in [0.4, 0.5) is 0 Å². The molecule has 2 aromatic carbocycles. The van der Waals surface area contributed by atoms with Crippen LogP contribution in [0.5, 0.6) is 0 Å². The molecule has 7 heteroatoms. The van der Waals surface area contributed by atoms with Crippen LogP contribution in [0.3, 0.4) is 0 Å². The van der Waals surface area contributed by atoms with Gasteiger partial charge in [-0.1, -0.05) is 36.4 Å². The summed E-state index contributed by atoms with van der Waals surface area (Å²) in [5.74, 6) is -0.531. The molecule has 164 valence electrons. The molecular formula is C24H29N3O4. The average Bonchev–Trinajstić information content (AvgIpc) is 3.34. The van der Waals surface area contributed by atoms with Gasteiger partial charge in [-0.05, 0) is 43.5 Å². The van der Waals surface area contributed by atoms with Gasteiger partial charge in [0.1, 0.15) is 0 Å². The maximum absolute atomic E-state index is 13.7. The highest BCUT2D eigenvalue weighted by Crippen LogP contribution is 2.32. The predicted molar refractivity (Wildman–Crippen MR) is 119 cm³/mol. The van der Waals surface area contributed by atoms with Crippen LogP contribution in [0.1, 0.15) is 37.4 Å². The number of aliphatic hydroxyl groups is 1. The highest BCUT2D eigenvalue weighted by atomic mass is 16.4. The Hall–Kier alpha value is -2.90. The van der Waals surface area contributed by atoms with E-state index in [1.54, 1.807) is 12.1 Å². The van der Waals surface area contributed by atoms with Crippen LogP contribution in [-0.4, -0.2) is 58.6 Å². The first-order chi connectivity index (χ1) is 14.8. The molecule has 0 unspecified atom stereocenters. The molecule has 1 amide bonds. The minimum absolute atomic E-state index is 0.0220. The van der Waals surface area contributed by atoms with Gasteiger partial charge in [-0.15, -0.1) is 0 Å². The highest BCUT2D eigenvalue weighted by Gasteiger charge is 2.37. The van der Waals surface area contributed by atoms with E-state index < -0.39 is 11.2 Å². The average molecular weight is 424 g/mol. The lowest BCUT2D eigenvalue weighted by Crippen LogP contribution is -2.46. The summed E-state index contributed by atoms with van der Waals surface area (Å²) in [6.07, 6.45) is 0.450. The van der Waals surface area contributed by atoms with E-state index in [0.29, 0.717) is 24.2 Å². The summed E-state index contributed by atoms with van der Waals surface area (Å²) in [6, 6.07) is 15.2. The standard InChI is InChI=1S/C24H29N3O4/c1-24(2,17-9-10-21-19(13-17)25-23(30)31-21)22(29)26(3)20(16-7-5-4-6-8-16)15-27-12-11-18(28)14-27/h4-10,13,18,20,28H,11-12,14-15H2,1-3H3,(H,25,30)/t18-,20+/m0/s1. The molecule has 2 heterocycles. The molecule has 0 bridgehead atoms. The fourth-order valence-corrected chi connectivity index (χ4v) is 4.40. The van der Waals surface area contributed by atoms with Gasteiger partial charge in [0, 0.05) is 26.7 Å². The molecule has 1 saturated heterocycles. The first-order valence-electron chi connectivity index (χ1n) is 10.6. The van der Waals surface area contributed by atoms with E-state index in [-0.39, 0.29) is 18.1 Å². The second-order valence-corrected chi connectivity index (χ2v) is 8.90. The van der Waals surface area contributed by atoms with Crippen molar-refractivity contribution in [3.8, 4) is 0 Å². The molecule has 31 heavy (non-hydrogen) atoms. The number of carbonyl (C=O) groups is 1. The molecular weight excluding hydrogens is 394 g/mol. The van der Waals surface area contributed by atoms with Crippen molar-refractivity contribution in [2.45, 2.75) is 37.8 Å². The minimum Gasteiger partial charge on any atom is -0.408 e. The number of carbonyl (C=O) groups excluding carboxylic acids is 1. The maximum atomic E-state index is 13.7. The number of aromatic nitrogens is 1. The molecule has 0 spiro atoms. The van der Waals surface area contributed by atoms with E-state index in [1.807, 2.05) is 62.2 Å².